The Morgan fingerprint density at radius 1 is 1.50 bits per heavy atom. The number of aromatic amines is 1. The van der Waals surface area contributed by atoms with E-state index in [9.17, 15) is 4.79 Å². The Bertz CT molecular complexity index is 496. The fraction of sp³-hybridized carbons (Fsp3) is 0. The minimum absolute atomic E-state index is 0.207. The van der Waals surface area contributed by atoms with Crippen molar-refractivity contribution in [1.29, 1.82) is 0 Å². The predicted octanol–water partition coefficient (Wildman–Crippen LogP) is 1.43. The topological polar surface area (TPSA) is 71.5 Å². The fourth-order valence-electron chi connectivity index (χ4n) is 0.726. The summed E-state index contributed by atoms with van der Waals surface area (Å²) in [6.45, 7) is 0. The molecular formula is C6H3ClN4OS2. The maximum atomic E-state index is 10.9. The molecule has 0 aliphatic heterocycles. The van der Waals surface area contributed by atoms with E-state index in [1.165, 1.54) is 24.0 Å². The average Bonchev–Trinajstić information content (AvgIpc) is 2.52. The third-order valence-corrected chi connectivity index (χ3v) is 3.26. The minimum Gasteiger partial charge on any atom is -0.301 e. The summed E-state index contributed by atoms with van der Waals surface area (Å²) in [5.74, 6) is 0. The zero-order chi connectivity index (χ0) is 9.97. The number of hydrogen-bond donors (Lipinski definition) is 1. The van der Waals surface area contributed by atoms with Crippen molar-refractivity contribution in [3.8, 4) is 0 Å². The van der Waals surface area contributed by atoms with Crippen molar-refractivity contribution >= 4 is 35.1 Å². The van der Waals surface area contributed by atoms with E-state index in [0.717, 1.165) is 11.7 Å². The molecule has 0 saturated carbocycles. The zero-order valence-corrected chi connectivity index (χ0v) is 8.99. The summed E-state index contributed by atoms with van der Waals surface area (Å²) in [5, 5.41) is 1.32. The predicted molar refractivity (Wildman–Crippen MR) is 53.9 cm³/mol. The van der Waals surface area contributed by atoms with E-state index in [1.54, 1.807) is 0 Å². The van der Waals surface area contributed by atoms with Crippen LogP contribution in [0.2, 0.25) is 5.15 Å². The monoisotopic (exact) mass is 246 g/mol. The third kappa shape index (κ3) is 2.11. The lowest BCUT2D eigenvalue weighted by molar-refractivity contribution is 0.934. The molecule has 1 N–H and O–H groups in total. The summed E-state index contributed by atoms with van der Waals surface area (Å²) in [6.07, 6.45) is 1.43. The van der Waals surface area contributed by atoms with Crippen molar-refractivity contribution in [2.75, 3.05) is 0 Å². The fourth-order valence-corrected chi connectivity index (χ4v) is 2.27. The number of hydrogen-bond acceptors (Lipinski definition) is 6. The molecule has 0 radical (unpaired) electrons. The molecule has 0 unspecified atom stereocenters. The number of aromatic nitrogens is 4. The van der Waals surface area contributed by atoms with E-state index in [-0.39, 0.29) is 5.56 Å². The summed E-state index contributed by atoms with van der Waals surface area (Å²) < 4.78 is 7.73. The van der Waals surface area contributed by atoms with E-state index < -0.39 is 0 Å². The molecule has 0 atom stereocenters. The Morgan fingerprint density at radius 3 is 3.00 bits per heavy atom. The summed E-state index contributed by atoms with van der Waals surface area (Å²) in [6, 6.07) is 1.34. The van der Waals surface area contributed by atoms with Gasteiger partial charge in [0.2, 0.25) is 0 Å². The quantitative estimate of drug-likeness (QED) is 0.812. The molecule has 14 heavy (non-hydrogen) atoms. The SMILES string of the molecule is O=c1ccnc(Sc2nsnc2Cl)[nH]1. The highest BCUT2D eigenvalue weighted by atomic mass is 35.5. The molecular weight excluding hydrogens is 244 g/mol. The molecule has 0 aromatic carbocycles. The lowest BCUT2D eigenvalue weighted by Gasteiger charge is -1.94. The van der Waals surface area contributed by atoms with Gasteiger partial charge in [0.05, 0.1) is 11.7 Å². The number of nitrogens with zero attached hydrogens (tertiary/aromatic N) is 3. The van der Waals surface area contributed by atoms with Crippen LogP contribution in [-0.4, -0.2) is 18.7 Å². The molecule has 2 aromatic rings. The summed E-state index contributed by atoms with van der Waals surface area (Å²) >= 11 is 7.92. The van der Waals surface area contributed by atoms with Gasteiger partial charge in [-0.2, -0.15) is 8.75 Å². The number of H-pyrrole nitrogens is 1. The van der Waals surface area contributed by atoms with Crippen molar-refractivity contribution in [3.63, 3.8) is 0 Å². The Kier molecular flexibility index (Phi) is 2.80. The molecule has 0 saturated heterocycles. The van der Waals surface area contributed by atoms with E-state index in [1.807, 2.05) is 0 Å². The van der Waals surface area contributed by atoms with Gasteiger partial charge in [-0.05, 0) is 11.8 Å². The largest absolute Gasteiger partial charge is 0.301 e. The van der Waals surface area contributed by atoms with Crippen LogP contribution >= 0.6 is 35.1 Å². The minimum atomic E-state index is -0.207. The second-order valence-corrected chi connectivity index (χ2v) is 4.07. The highest BCUT2D eigenvalue weighted by Crippen LogP contribution is 2.28. The van der Waals surface area contributed by atoms with Crippen LogP contribution in [-0.2, 0) is 0 Å². The standard InChI is InChI=1S/C6H3ClN4OS2/c7-4-5(11-14-10-4)13-6-8-2-1-3(12)9-6/h1-2H,(H,8,9,12). The first-order chi connectivity index (χ1) is 6.75. The highest BCUT2D eigenvalue weighted by Gasteiger charge is 2.08. The van der Waals surface area contributed by atoms with Gasteiger partial charge < -0.3 is 4.98 Å². The normalized spacial score (nSPS) is 10.4. The van der Waals surface area contributed by atoms with Gasteiger partial charge in [-0.25, -0.2) is 4.98 Å². The molecule has 2 aromatic heterocycles. The third-order valence-electron chi connectivity index (χ3n) is 1.26. The van der Waals surface area contributed by atoms with E-state index in [4.69, 9.17) is 11.6 Å². The summed E-state index contributed by atoms with van der Waals surface area (Å²) in [7, 11) is 0. The molecule has 72 valence electrons. The molecule has 0 bridgehead atoms. The van der Waals surface area contributed by atoms with Gasteiger partial charge in [0, 0.05) is 12.3 Å². The van der Waals surface area contributed by atoms with Gasteiger partial charge in [-0.1, -0.05) is 11.6 Å². The summed E-state index contributed by atoms with van der Waals surface area (Å²) in [4.78, 5) is 17.4. The first kappa shape index (κ1) is 9.63. The van der Waals surface area contributed by atoms with Crippen molar-refractivity contribution < 1.29 is 0 Å². The second kappa shape index (κ2) is 4.07. The van der Waals surface area contributed by atoms with Crippen LogP contribution in [0.25, 0.3) is 0 Å². The molecule has 0 fully saturated rings. The maximum absolute atomic E-state index is 10.9. The first-order valence-corrected chi connectivity index (χ1v) is 5.39. The highest BCUT2D eigenvalue weighted by molar-refractivity contribution is 7.99. The lowest BCUT2D eigenvalue weighted by atomic mass is 10.7. The van der Waals surface area contributed by atoms with Gasteiger partial charge >= 0.3 is 0 Å². The van der Waals surface area contributed by atoms with Crippen LogP contribution in [0.15, 0.2) is 27.2 Å². The molecule has 5 nitrogen and oxygen atoms in total. The average molecular weight is 247 g/mol. The van der Waals surface area contributed by atoms with E-state index in [0.29, 0.717) is 15.3 Å². The Balaban J connectivity index is 2.27. The van der Waals surface area contributed by atoms with Crippen molar-refractivity contribution in [2.24, 2.45) is 0 Å². The summed E-state index contributed by atoms with van der Waals surface area (Å²) in [5.41, 5.74) is -0.207. The second-order valence-electron chi connectivity index (χ2n) is 2.20. The van der Waals surface area contributed by atoms with Crippen molar-refractivity contribution in [3.05, 3.63) is 27.8 Å². The van der Waals surface area contributed by atoms with Gasteiger partial charge in [0.15, 0.2) is 15.3 Å². The molecule has 2 rings (SSSR count). The van der Waals surface area contributed by atoms with Crippen LogP contribution in [0, 0.1) is 0 Å². The first-order valence-electron chi connectivity index (χ1n) is 3.47. The molecule has 2 heterocycles. The Morgan fingerprint density at radius 2 is 2.36 bits per heavy atom. The Hall–Kier alpha value is -0.920. The smallest absolute Gasteiger partial charge is 0.251 e. The van der Waals surface area contributed by atoms with Crippen molar-refractivity contribution in [1.82, 2.24) is 18.7 Å². The van der Waals surface area contributed by atoms with Gasteiger partial charge in [-0.15, -0.1) is 0 Å². The molecule has 0 spiro atoms. The zero-order valence-electron chi connectivity index (χ0n) is 6.60. The van der Waals surface area contributed by atoms with Gasteiger partial charge in [0.25, 0.3) is 5.56 Å². The van der Waals surface area contributed by atoms with E-state index >= 15 is 0 Å². The molecule has 8 heteroatoms. The molecule has 0 aliphatic carbocycles. The number of rotatable bonds is 2. The Labute approximate surface area is 91.9 Å². The van der Waals surface area contributed by atoms with E-state index in [2.05, 4.69) is 18.7 Å². The number of nitrogens with one attached hydrogen (secondary N) is 1. The van der Waals surface area contributed by atoms with Gasteiger partial charge in [0.1, 0.15) is 0 Å². The molecule has 0 aliphatic rings. The van der Waals surface area contributed by atoms with Crippen molar-refractivity contribution in [2.45, 2.75) is 10.2 Å². The van der Waals surface area contributed by atoms with Gasteiger partial charge in [-0.3, -0.25) is 4.79 Å². The van der Waals surface area contributed by atoms with Crippen LogP contribution in [0.4, 0.5) is 0 Å². The molecule has 0 amide bonds. The van der Waals surface area contributed by atoms with Crippen LogP contribution in [0.5, 0.6) is 0 Å². The van der Waals surface area contributed by atoms with Crippen LogP contribution < -0.4 is 5.56 Å². The van der Waals surface area contributed by atoms with Crippen LogP contribution in [0.1, 0.15) is 0 Å². The van der Waals surface area contributed by atoms with Crippen LogP contribution in [0.3, 0.4) is 0 Å². The number of halogens is 1. The maximum Gasteiger partial charge on any atom is 0.251 e. The lowest BCUT2D eigenvalue weighted by Crippen LogP contribution is -2.04.